The molecule has 19 heavy (non-hydrogen) atoms. The minimum absolute atomic E-state index is 0.209. The molecule has 0 aromatic rings. The first-order valence-electron chi connectivity index (χ1n) is 7.27. The second-order valence-electron chi connectivity index (χ2n) is 5.84. The summed E-state index contributed by atoms with van der Waals surface area (Å²) in [5, 5.41) is 0. The van der Waals surface area contributed by atoms with Crippen LogP contribution < -0.4 is 5.73 Å². The largest absolute Gasteiger partial charge is 0.383 e. The average molecular weight is 271 g/mol. The number of carbonyl (C=O) groups is 1. The third-order valence-electron chi connectivity index (χ3n) is 3.49. The van der Waals surface area contributed by atoms with Gasteiger partial charge in [0.25, 0.3) is 0 Å². The number of hydrogen-bond donors (Lipinski definition) is 1. The van der Waals surface area contributed by atoms with E-state index in [-0.39, 0.29) is 5.91 Å². The van der Waals surface area contributed by atoms with Gasteiger partial charge in [0.05, 0.1) is 13.2 Å². The van der Waals surface area contributed by atoms with E-state index in [1.54, 1.807) is 7.11 Å². The van der Waals surface area contributed by atoms with Crippen molar-refractivity contribution in [2.45, 2.75) is 32.7 Å². The first-order valence-corrected chi connectivity index (χ1v) is 7.27. The van der Waals surface area contributed by atoms with Crippen molar-refractivity contribution in [1.82, 2.24) is 9.80 Å². The monoisotopic (exact) mass is 271 g/mol. The molecular formula is C14H29N3O2. The molecule has 1 fully saturated rings. The minimum atomic E-state index is 0.209. The Balaban J connectivity index is 2.41. The summed E-state index contributed by atoms with van der Waals surface area (Å²) in [6.07, 6.45) is 1.99. The lowest BCUT2D eigenvalue weighted by Gasteiger charge is -2.32. The zero-order valence-electron chi connectivity index (χ0n) is 12.6. The van der Waals surface area contributed by atoms with Gasteiger partial charge >= 0.3 is 0 Å². The summed E-state index contributed by atoms with van der Waals surface area (Å²) in [6, 6.07) is 0.312. The Morgan fingerprint density at radius 1 is 1.42 bits per heavy atom. The molecule has 1 saturated heterocycles. The van der Waals surface area contributed by atoms with E-state index in [1.165, 1.54) is 0 Å². The molecule has 0 atom stereocenters. The number of ether oxygens (including phenoxy) is 1. The molecule has 0 saturated carbocycles. The number of likely N-dealkylation sites (tertiary alicyclic amines) is 1. The van der Waals surface area contributed by atoms with E-state index in [2.05, 4.69) is 18.7 Å². The number of rotatable bonds is 7. The third kappa shape index (κ3) is 6.36. The highest BCUT2D eigenvalue weighted by atomic mass is 16.5. The highest BCUT2D eigenvalue weighted by Gasteiger charge is 2.21. The summed E-state index contributed by atoms with van der Waals surface area (Å²) in [4.78, 5) is 16.5. The number of carbonyl (C=O) groups excluding carboxylic acids is 1. The van der Waals surface area contributed by atoms with Crippen LogP contribution in [-0.2, 0) is 9.53 Å². The standard InChI is InChI=1S/C14H29N3O2/c1-12(2)10-17(8-9-19-3)14(18)11-16-6-4-13(15)5-7-16/h12-13H,4-11,15H2,1-3H3. The summed E-state index contributed by atoms with van der Waals surface area (Å²) in [5.74, 6) is 0.691. The molecule has 5 heteroatoms. The van der Waals surface area contributed by atoms with Crippen molar-refractivity contribution in [2.24, 2.45) is 11.7 Å². The van der Waals surface area contributed by atoms with Gasteiger partial charge in [0.1, 0.15) is 0 Å². The first-order chi connectivity index (χ1) is 9.02. The fraction of sp³-hybridized carbons (Fsp3) is 0.929. The van der Waals surface area contributed by atoms with Gasteiger partial charge in [0, 0.05) is 39.3 Å². The molecule has 0 aromatic heterocycles. The molecule has 112 valence electrons. The molecule has 1 aliphatic heterocycles. The third-order valence-corrected chi connectivity index (χ3v) is 3.49. The number of nitrogens with two attached hydrogens (primary N) is 1. The van der Waals surface area contributed by atoms with Gasteiger partial charge in [-0.25, -0.2) is 0 Å². The van der Waals surface area contributed by atoms with E-state index in [4.69, 9.17) is 10.5 Å². The molecule has 0 spiro atoms. The van der Waals surface area contributed by atoms with Crippen molar-refractivity contribution in [2.75, 3.05) is 46.4 Å². The fourth-order valence-corrected chi connectivity index (χ4v) is 2.36. The molecule has 0 aromatic carbocycles. The molecule has 2 N–H and O–H groups in total. The summed E-state index contributed by atoms with van der Waals surface area (Å²) in [6.45, 7) is 8.74. The van der Waals surface area contributed by atoms with E-state index in [0.717, 1.165) is 32.5 Å². The van der Waals surface area contributed by atoms with Crippen molar-refractivity contribution in [3.8, 4) is 0 Å². The predicted octanol–water partition coefficient (Wildman–Crippen LogP) is 0.541. The molecule has 1 amide bonds. The van der Waals surface area contributed by atoms with Crippen LogP contribution in [0.5, 0.6) is 0 Å². The SMILES string of the molecule is COCCN(CC(C)C)C(=O)CN1CCC(N)CC1. The zero-order chi connectivity index (χ0) is 14.3. The molecule has 0 aliphatic carbocycles. The number of nitrogens with zero attached hydrogens (tertiary/aromatic N) is 2. The number of amides is 1. The molecule has 0 radical (unpaired) electrons. The molecule has 5 nitrogen and oxygen atoms in total. The lowest BCUT2D eigenvalue weighted by atomic mass is 10.1. The van der Waals surface area contributed by atoms with E-state index in [1.807, 2.05) is 4.90 Å². The van der Waals surface area contributed by atoms with E-state index in [9.17, 15) is 4.79 Å². The van der Waals surface area contributed by atoms with Crippen LogP contribution in [0, 0.1) is 5.92 Å². The molecular weight excluding hydrogens is 242 g/mol. The molecule has 1 heterocycles. The predicted molar refractivity (Wildman–Crippen MR) is 76.9 cm³/mol. The maximum atomic E-state index is 12.3. The second kappa shape index (κ2) is 8.51. The highest BCUT2D eigenvalue weighted by Crippen LogP contribution is 2.09. The van der Waals surface area contributed by atoms with Crippen LogP contribution >= 0.6 is 0 Å². The Hall–Kier alpha value is -0.650. The quantitative estimate of drug-likeness (QED) is 0.734. The normalized spacial score (nSPS) is 17.9. The smallest absolute Gasteiger partial charge is 0.236 e. The van der Waals surface area contributed by atoms with E-state index in [0.29, 0.717) is 31.7 Å². The summed E-state index contributed by atoms with van der Waals surface area (Å²) >= 11 is 0. The fourth-order valence-electron chi connectivity index (χ4n) is 2.36. The molecule has 1 rings (SSSR count). The second-order valence-corrected chi connectivity index (χ2v) is 5.84. The van der Waals surface area contributed by atoms with Gasteiger partial charge in [0.15, 0.2) is 0 Å². The van der Waals surface area contributed by atoms with Crippen LogP contribution in [0.2, 0.25) is 0 Å². The molecule has 0 unspecified atom stereocenters. The Labute approximate surface area is 117 Å². The van der Waals surface area contributed by atoms with Gasteiger partial charge in [-0.05, 0) is 18.8 Å². The Kier molecular flexibility index (Phi) is 7.34. The van der Waals surface area contributed by atoms with Crippen LogP contribution in [0.1, 0.15) is 26.7 Å². The lowest BCUT2D eigenvalue weighted by molar-refractivity contribution is -0.133. The number of piperidine rings is 1. The topological polar surface area (TPSA) is 58.8 Å². The van der Waals surface area contributed by atoms with Crippen LogP contribution in [0.15, 0.2) is 0 Å². The Morgan fingerprint density at radius 2 is 2.05 bits per heavy atom. The van der Waals surface area contributed by atoms with Crippen molar-refractivity contribution in [1.29, 1.82) is 0 Å². The van der Waals surface area contributed by atoms with Crippen LogP contribution in [-0.4, -0.2) is 68.2 Å². The average Bonchev–Trinajstić information content (AvgIpc) is 2.36. The molecule has 1 aliphatic rings. The maximum absolute atomic E-state index is 12.3. The van der Waals surface area contributed by atoms with Crippen molar-refractivity contribution in [3.63, 3.8) is 0 Å². The summed E-state index contributed by atoms with van der Waals surface area (Å²) < 4.78 is 5.08. The van der Waals surface area contributed by atoms with Crippen LogP contribution in [0.3, 0.4) is 0 Å². The van der Waals surface area contributed by atoms with E-state index >= 15 is 0 Å². The number of methoxy groups -OCH3 is 1. The van der Waals surface area contributed by atoms with Gasteiger partial charge in [-0.15, -0.1) is 0 Å². The lowest BCUT2D eigenvalue weighted by Crippen LogP contribution is -2.47. The van der Waals surface area contributed by atoms with Crippen LogP contribution in [0.4, 0.5) is 0 Å². The summed E-state index contributed by atoms with van der Waals surface area (Å²) in [7, 11) is 1.67. The number of hydrogen-bond acceptors (Lipinski definition) is 4. The minimum Gasteiger partial charge on any atom is -0.383 e. The van der Waals surface area contributed by atoms with Crippen molar-refractivity contribution >= 4 is 5.91 Å². The summed E-state index contributed by atoms with van der Waals surface area (Å²) in [5.41, 5.74) is 5.88. The van der Waals surface area contributed by atoms with Gasteiger partial charge < -0.3 is 15.4 Å². The first kappa shape index (κ1) is 16.4. The highest BCUT2D eigenvalue weighted by molar-refractivity contribution is 5.78. The Morgan fingerprint density at radius 3 is 2.58 bits per heavy atom. The van der Waals surface area contributed by atoms with E-state index < -0.39 is 0 Å². The van der Waals surface area contributed by atoms with Crippen molar-refractivity contribution in [3.05, 3.63) is 0 Å². The molecule has 0 bridgehead atoms. The zero-order valence-corrected chi connectivity index (χ0v) is 12.6. The van der Waals surface area contributed by atoms with Crippen molar-refractivity contribution < 1.29 is 9.53 Å². The Bertz CT molecular complexity index is 263. The van der Waals surface area contributed by atoms with Gasteiger partial charge in [0.2, 0.25) is 5.91 Å². The van der Waals surface area contributed by atoms with Gasteiger partial charge in [-0.2, -0.15) is 0 Å². The van der Waals surface area contributed by atoms with Crippen LogP contribution in [0.25, 0.3) is 0 Å². The van der Waals surface area contributed by atoms with Gasteiger partial charge in [-0.3, -0.25) is 9.69 Å². The van der Waals surface area contributed by atoms with Gasteiger partial charge in [-0.1, -0.05) is 13.8 Å². The maximum Gasteiger partial charge on any atom is 0.236 e.